The Bertz CT molecular complexity index is 792. The van der Waals surface area contributed by atoms with Crippen LogP contribution in [-0.4, -0.2) is 43.8 Å². The van der Waals surface area contributed by atoms with Crippen LogP contribution in [0.15, 0.2) is 5.38 Å². The van der Waals surface area contributed by atoms with E-state index in [9.17, 15) is 4.79 Å². The number of rotatable bonds is 3. The lowest BCUT2D eigenvalue weighted by Crippen LogP contribution is -2.45. The Kier molecular flexibility index (Phi) is 5.43. The minimum absolute atomic E-state index is 0.00822. The average molecular weight is 389 g/mol. The van der Waals surface area contributed by atoms with Crippen LogP contribution in [0, 0.1) is 6.92 Å². The second kappa shape index (κ2) is 7.96. The van der Waals surface area contributed by atoms with E-state index in [-0.39, 0.29) is 12.1 Å². The van der Waals surface area contributed by atoms with Gasteiger partial charge in [0.1, 0.15) is 16.7 Å². The van der Waals surface area contributed by atoms with Gasteiger partial charge in [0, 0.05) is 43.0 Å². The summed E-state index contributed by atoms with van der Waals surface area (Å²) >= 11 is 1.60. The highest BCUT2D eigenvalue weighted by Crippen LogP contribution is 2.29. The number of aromatic nitrogens is 4. The van der Waals surface area contributed by atoms with Gasteiger partial charge in [-0.15, -0.1) is 21.5 Å². The quantitative estimate of drug-likeness (QED) is 0.874. The van der Waals surface area contributed by atoms with Gasteiger partial charge >= 0.3 is 6.03 Å². The van der Waals surface area contributed by atoms with Gasteiger partial charge in [-0.1, -0.05) is 6.42 Å². The molecule has 2 amide bonds. The molecule has 2 aliphatic heterocycles. The van der Waals surface area contributed by atoms with Crippen molar-refractivity contribution in [3.05, 3.63) is 27.7 Å². The first kappa shape index (κ1) is 18.4. The van der Waals surface area contributed by atoms with E-state index >= 15 is 0 Å². The smallest absolute Gasteiger partial charge is 0.317 e. The number of piperidine rings is 1. The molecule has 146 valence electrons. The molecule has 1 saturated heterocycles. The summed E-state index contributed by atoms with van der Waals surface area (Å²) in [5, 5.41) is 15.0. The number of nitrogens with one attached hydrogen (secondary N) is 1. The maximum atomic E-state index is 12.6. The highest BCUT2D eigenvalue weighted by molar-refractivity contribution is 7.09. The van der Waals surface area contributed by atoms with E-state index in [1.807, 2.05) is 24.1 Å². The molecule has 7 nitrogen and oxygen atoms in total. The Morgan fingerprint density at radius 3 is 2.78 bits per heavy atom. The summed E-state index contributed by atoms with van der Waals surface area (Å²) in [5.74, 6) is 2.70. The highest BCUT2D eigenvalue weighted by Gasteiger charge is 2.29. The third kappa shape index (κ3) is 4.00. The van der Waals surface area contributed by atoms with Gasteiger partial charge in [0.2, 0.25) is 0 Å². The van der Waals surface area contributed by atoms with E-state index in [0.717, 1.165) is 61.2 Å². The fourth-order valence-electron chi connectivity index (χ4n) is 4.06. The number of aryl methyl sites for hydroxylation is 2. The number of carbonyl (C=O) groups excluding carboxylic acids is 1. The zero-order valence-electron chi connectivity index (χ0n) is 16.1. The second-order valence-electron chi connectivity index (χ2n) is 7.70. The molecule has 0 bridgehead atoms. The molecule has 2 aliphatic rings. The van der Waals surface area contributed by atoms with E-state index in [0.29, 0.717) is 5.92 Å². The summed E-state index contributed by atoms with van der Waals surface area (Å²) < 4.78 is 2.35. The third-order valence-corrected chi connectivity index (χ3v) is 6.78. The van der Waals surface area contributed by atoms with E-state index < -0.39 is 0 Å². The lowest BCUT2D eigenvalue weighted by atomic mass is 9.96. The number of likely N-dealkylation sites (tertiary alicyclic amines) is 1. The monoisotopic (exact) mass is 388 g/mol. The summed E-state index contributed by atoms with van der Waals surface area (Å²) in [5.41, 5.74) is 1.00. The normalized spacial score (nSPS) is 19.4. The molecule has 0 aromatic carbocycles. The summed E-state index contributed by atoms with van der Waals surface area (Å²) in [7, 11) is 0. The number of urea groups is 1. The maximum Gasteiger partial charge on any atom is 0.317 e. The molecule has 8 heteroatoms. The predicted octanol–water partition coefficient (Wildman–Crippen LogP) is 3.42. The Hall–Kier alpha value is -1.96. The minimum Gasteiger partial charge on any atom is -0.329 e. The summed E-state index contributed by atoms with van der Waals surface area (Å²) in [6.45, 7) is 6.55. The summed E-state index contributed by atoms with van der Waals surface area (Å²) in [6, 6.07) is -0.0462. The molecule has 1 unspecified atom stereocenters. The largest absolute Gasteiger partial charge is 0.329 e. The van der Waals surface area contributed by atoms with Crippen molar-refractivity contribution in [2.75, 3.05) is 13.1 Å². The van der Waals surface area contributed by atoms with Crippen LogP contribution < -0.4 is 5.32 Å². The molecule has 1 atom stereocenters. The van der Waals surface area contributed by atoms with Crippen molar-refractivity contribution < 1.29 is 4.79 Å². The van der Waals surface area contributed by atoms with Gasteiger partial charge in [-0.05, 0) is 39.5 Å². The first-order chi connectivity index (χ1) is 13.1. The van der Waals surface area contributed by atoms with Gasteiger partial charge in [0.15, 0.2) is 0 Å². The third-order valence-electron chi connectivity index (χ3n) is 5.63. The predicted molar refractivity (Wildman–Crippen MR) is 105 cm³/mol. The second-order valence-corrected chi connectivity index (χ2v) is 8.59. The fraction of sp³-hybridized carbons (Fsp3) is 0.684. The van der Waals surface area contributed by atoms with Gasteiger partial charge in [0.05, 0.1) is 6.04 Å². The van der Waals surface area contributed by atoms with Crippen molar-refractivity contribution in [3.8, 4) is 0 Å². The molecule has 27 heavy (non-hydrogen) atoms. The SMILES string of the molecule is Cc1csc(C(C)NC(=O)N2CCC(c3nnc4n3CCCCC4)CC2)n1. The molecule has 0 saturated carbocycles. The first-order valence-electron chi connectivity index (χ1n) is 10.0. The topological polar surface area (TPSA) is 75.9 Å². The van der Waals surface area contributed by atoms with Crippen LogP contribution >= 0.6 is 11.3 Å². The van der Waals surface area contributed by atoms with Crippen LogP contribution in [0.2, 0.25) is 0 Å². The van der Waals surface area contributed by atoms with Gasteiger partial charge in [0.25, 0.3) is 0 Å². The van der Waals surface area contributed by atoms with E-state index in [1.54, 1.807) is 11.3 Å². The highest BCUT2D eigenvalue weighted by atomic mass is 32.1. The van der Waals surface area contributed by atoms with E-state index in [4.69, 9.17) is 0 Å². The number of amides is 2. The first-order valence-corrected chi connectivity index (χ1v) is 10.9. The van der Waals surface area contributed by atoms with E-state index in [2.05, 4.69) is 25.1 Å². The van der Waals surface area contributed by atoms with Crippen LogP contribution in [0.5, 0.6) is 0 Å². The van der Waals surface area contributed by atoms with Gasteiger partial charge in [-0.3, -0.25) is 0 Å². The van der Waals surface area contributed by atoms with Crippen LogP contribution in [0.1, 0.15) is 73.3 Å². The number of carbonyl (C=O) groups is 1. The number of hydrogen-bond donors (Lipinski definition) is 1. The Morgan fingerprint density at radius 1 is 1.22 bits per heavy atom. The van der Waals surface area contributed by atoms with Crippen molar-refractivity contribution in [2.45, 2.75) is 70.9 Å². The fourth-order valence-corrected chi connectivity index (χ4v) is 4.86. The van der Waals surface area contributed by atoms with Crippen LogP contribution in [0.4, 0.5) is 4.79 Å². The molecule has 0 spiro atoms. The lowest BCUT2D eigenvalue weighted by Gasteiger charge is -2.32. The molecular weight excluding hydrogens is 360 g/mol. The maximum absolute atomic E-state index is 12.6. The molecule has 1 N–H and O–H groups in total. The van der Waals surface area contributed by atoms with E-state index in [1.165, 1.54) is 19.3 Å². The molecule has 0 radical (unpaired) electrons. The average Bonchev–Trinajstić information content (AvgIpc) is 3.21. The number of fused-ring (bicyclic) bond motifs is 1. The standard InChI is InChI=1S/C19H28N6OS/c1-13-12-27-18(20-13)14(2)21-19(26)24-10-7-15(8-11-24)17-23-22-16-6-4-3-5-9-25(16)17/h12,14-15H,3-11H2,1-2H3,(H,21,26). The van der Waals surface area contributed by atoms with Gasteiger partial charge in [-0.2, -0.15) is 0 Å². The Balaban J connectivity index is 1.34. The van der Waals surface area contributed by atoms with Crippen molar-refractivity contribution in [3.63, 3.8) is 0 Å². The summed E-state index contributed by atoms with van der Waals surface area (Å²) in [6.07, 6.45) is 6.66. The molecule has 4 rings (SSSR count). The zero-order valence-corrected chi connectivity index (χ0v) is 17.0. The van der Waals surface area contributed by atoms with Crippen molar-refractivity contribution in [1.29, 1.82) is 0 Å². The number of nitrogens with zero attached hydrogens (tertiary/aromatic N) is 5. The zero-order chi connectivity index (χ0) is 18.8. The minimum atomic E-state index is -0.0545. The molecule has 2 aromatic heterocycles. The number of hydrogen-bond acceptors (Lipinski definition) is 5. The van der Waals surface area contributed by atoms with Gasteiger partial charge < -0.3 is 14.8 Å². The number of thiazole rings is 1. The lowest BCUT2D eigenvalue weighted by molar-refractivity contribution is 0.177. The molecular formula is C19H28N6OS. The van der Waals surface area contributed by atoms with Gasteiger partial charge in [-0.25, -0.2) is 9.78 Å². The van der Waals surface area contributed by atoms with Crippen LogP contribution in [0.25, 0.3) is 0 Å². The molecule has 1 fully saturated rings. The Morgan fingerprint density at radius 2 is 2.04 bits per heavy atom. The van der Waals surface area contributed by atoms with Crippen LogP contribution in [-0.2, 0) is 13.0 Å². The van der Waals surface area contributed by atoms with Crippen molar-refractivity contribution in [2.24, 2.45) is 0 Å². The van der Waals surface area contributed by atoms with Crippen molar-refractivity contribution in [1.82, 2.24) is 30.0 Å². The van der Waals surface area contributed by atoms with Crippen molar-refractivity contribution >= 4 is 17.4 Å². The van der Waals surface area contributed by atoms with Crippen LogP contribution in [0.3, 0.4) is 0 Å². The summed E-state index contributed by atoms with van der Waals surface area (Å²) in [4.78, 5) is 19.0. The Labute approximate surface area is 164 Å². The molecule has 4 heterocycles. The molecule has 0 aliphatic carbocycles. The molecule has 2 aromatic rings.